The molecule has 0 aromatic heterocycles. The van der Waals surface area contributed by atoms with Gasteiger partial charge in [0, 0.05) is 12.2 Å². The van der Waals surface area contributed by atoms with Crippen LogP contribution >= 0.6 is 0 Å². The van der Waals surface area contributed by atoms with E-state index < -0.39 is 5.82 Å². The molecule has 2 N–H and O–H groups in total. The molecule has 1 atom stereocenters. The van der Waals surface area contributed by atoms with Crippen molar-refractivity contribution in [2.24, 2.45) is 5.92 Å². The Labute approximate surface area is 123 Å². The zero-order chi connectivity index (χ0) is 15.0. The van der Waals surface area contributed by atoms with Crippen molar-refractivity contribution in [2.45, 2.75) is 13.3 Å². The third-order valence-electron chi connectivity index (χ3n) is 3.87. The summed E-state index contributed by atoms with van der Waals surface area (Å²) in [5.41, 5.74) is 7.89. The number of benzene rings is 2. The number of hydrogen-bond donors (Lipinski definition) is 1. The molecule has 21 heavy (non-hydrogen) atoms. The minimum Gasteiger partial charge on any atom is -0.396 e. The summed E-state index contributed by atoms with van der Waals surface area (Å²) < 4.78 is 13.6. The highest BCUT2D eigenvalue weighted by atomic mass is 19.1. The van der Waals surface area contributed by atoms with Crippen LogP contribution < -0.4 is 10.6 Å². The van der Waals surface area contributed by atoms with E-state index >= 15 is 0 Å². The lowest BCUT2D eigenvalue weighted by atomic mass is 9.93. The number of nitrogens with zero attached hydrogens (tertiary/aromatic N) is 1. The van der Waals surface area contributed by atoms with E-state index in [9.17, 15) is 9.18 Å². The van der Waals surface area contributed by atoms with Gasteiger partial charge < -0.3 is 10.6 Å². The number of nitrogens with two attached hydrogens (primary N) is 1. The maximum Gasteiger partial charge on any atom is 0.260 e. The number of carbonyl (C=O) groups excluding carboxylic acids is 1. The molecule has 0 fully saturated rings. The van der Waals surface area contributed by atoms with Crippen LogP contribution in [0.5, 0.6) is 0 Å². The number of fused-ring (bicyclic) bond motifs is 1. The number of anilines is 2. The summed E-state index contributed by atoms with van der Waals surface area (Å²) in [7, 11) is 0. The Morgan fingerprint density at radius 3 is 2.81 bits per heavy atom. The van der Waals surface area contributed by atoms with Crippen molar-refractivity contribution in [1.29, 1.82) is 0 Å². The van der Waals surface area contributed by atoms with Crippen molar-refractivity contribution in [3.05, 3.63) is 59.4 Å². The lowest BCUT2D eigenvalue weighted by Gasteiger charge is -2.33. The topological polar surface area (TPSA) is 46.3 Å². The summed E-state index contributed by atoms with van der Waals surface area (Å²) >= 11 is 0. The first kappa shape index (κ1) is 13.6. The zero-order valence-corrected chi connectivity index (χ0v) is 11.8. The molecule has 1 amide bonds. The van der Waals surface area contributed by atoms with Crippen LogP contribution in [0, 0.1) is 11.7 Å². The maximum absolute atomic E-state index is 13.6. The molecular weight excluding hydrogens is 267 g/mol. The number of nitrogen functional groups attached to an aromatic ring is 1. The van der Waals surface area contributed by atoms with Gasteiger partial charge in [-0.2, -0.15) is 0 Å². The van der Waals surface area contributed by atoms with Crippen LogP contribution in [-0.4, -0.2) is 12.5 Å². The van der Waals surface area contributed by atoms with Crippen LogP contribution in [0.4, 0.5) is 15.8 Å². The van der Waals surface area contributed by atoms with Crippen LogP contribution in [0.25, 0.3) is 0 Å². The van der Waals surface area contributed by atoms with Gasteiger partial charge in [0.25, 0.3) is 5.91 Å². The van der Waals surface area contributed by atoms with Crippen LogP contribution in [0.2, 0.25) is 0 Å². The Morgan fingerprint density at radius 1 is 1.24 bits per heavy atom. The zero-order valence-electron chi connectivity index (χ0n) is 11.8. The van der Waals surface area contributed by atoms with E-state index in [0.717, 1.165) is 17.7 Å². The summed E-state index contributed by atoms with van der Waals surface area (Å²) in [4.78, 5) is 14.5. The van der Waals surface area contributed by atoms with E-state index in [0.29, 0.717) is 12.5 Å². The largest absolute Gasteiger partial charge is 0.396 e. The smallest absolute Gasteiger partial charge is 0.260 e. The monoisotopic (exact) mass is 284 g/mol. The normalized spacial score (nSPS) is 17.4. The van der Waals surface area contributed by atoms with Crippen molar-refractivity contribution < 1.29 is 9.18 Å². The minimum atomic E-state index is -0.556. The molecule has 2 aromatic rings. The van der Waals surface area contributed by atoms with Crippen molar-refractivity contribution in [2.75, 3.05) is 17.2 Å². The van der Waals surface area contributed by atoms with E-state index in [1.54, 1.807) is 11.0 Å². The van der Waals surface area contributed by atoms with Gasteiger partial charge in [0.1, 0.15) is 5.82 Å². The predicted octanol–water partition coefficient (Wildman–Crippen LogP) is 3.25. The molecular formula is C17H17FN2O. The molecule has 0 saturated heterocycles. The molecule has 1 unspecified atom stereocenters. The summed E-state index contributed by atoms with van der Waals surface area (Å²) in [6, 6.07) is 12.2. The van der Waals surface area contributed by atoms with Gasteiger partial charge in [-0.15, -0.1) is 0 Å². The van der Waals surface area contributed by atoms with E-state index in [2.05, 4.69) is 6.92 Å². The molecule has 1 aliphatic rings. The van der Waals surface area contributed by atoms with E-state index in [-0.39, 0.29) is 17.2 Å². The van der Waals surface area contributed by atoms with Gasteiger partial charge >= 0.3 is 0 Å². The first-order valence-electron chi connectivity index (χ1n) is 7.01. The number of rotatable bonds is 1. The minimum absolute atomic E-state index is 0.0850. The van der Waals surface area contributed by atoms with Gasteiger partial charge in [-0.25, -0.2) is 4.39 Å². The lowest BCUT2D eigenvalue weighted by molar-refractivity contribution is 0.0981. The number of amides is 1. The SMILES string of the molecule is CC1Cc2ccccc2N(C(=O)c2cccc(F)c2N)C1. The standard InChI is InChI=1S/C17H17FN2O/c1-11-9-12-5-2-3-8-15(12)20(10-11)17(21)13-6-4-7-14(18)16(13)19/h2-8,11H,9-10,19H2,1H3. The number of hydrogen-bond acceptors (Lipinski definition) is 2. The fourth-order valence-electron chi connectivity index (χ4n) is 2.86. The third kappa shape index (κ3) is 2.37. The van der Waals surface area contributed by atoms with E-state index in [1.165, 1.54) is 12.1 Å². The highest BCUT2D eigenvalue weighted by molar-refractivity contribution is 6.09. The van der Waals surface area contributed by atoms with Crippen molar-refractivity contribution in [3.63, 3.8) is 0 Å². The summed E-state index contributed by atoms with van der Waals surface area (Å²) in [5, 5.41) is 0. The summed E-state index contributed by atoms with van der Waals surface area (Å²) in [6.07, 6.45) is 0.943. The molecule has 0 saturated carbocycles. The average Bonchev–Trinajstić information content (AvgIpc) is 2.48. The molecule has 3 rings (SSSR count). The van der Waals surface area contributed by atoms with Gasteiger partial charge in [-0.05, 0) is 36.1 Å². The molecule has 108 valence electrons. The molecule has 1 heterocycles. The first-order valence-corrected chi connectivity index (χ1v) is 7.01. The third-order valence-corrected chi connectivity index (χ3v) is 3.87. The lowest BCUT2D eigenvalue weighted by Crippen LogP contribution is -2.39. The Bertz CT molecular complexity index is 699. The van der Waals surface area contributed by atoms with Gasteiger partial charge in [0.05, 0.1) is 11.3 Å². The number of halogens is 1. The summed E-state index contributed by atoms with van der Waals surface area (Å²) in [5.74, 6) is -0.441. The van der Waals surface area contributed by atoms with Crippen LogP contribution in [0.15, 0.2) is 42.5 Å². The average molecular weight is 284 g/mol. The van der Waals surface area contributed by atoms with E-state index in [4.69, 9.17) is 5.73 Å². The number of carbonyl (C=O) groups is 1. The fourth-order valence-corrected chi connectivity index (χ4v) is 2.86. The van der Waals surface area contributed by atoms with Crippen molar-refractivity contribution in [3.8, 4) is 0 Å². The molecule has 0 radical (unpaired) electrons. The van der Waals surface area contributed by atoms with Crippen molar-refractivity contribution >= 4 is 17.3 Å². The van der Waals surface area contributed by atoms with Gasteiger partial charge in [-0.3, -0.25) is 4.79 Å². The Morgan fingerprint density at radius 2 is 2.00 bits per heavy atom. The van der Waals surface area contributed by atoms with E-state index in [1.807, 2.05) is 24.3 Å². The Balaban J connectivity index is 2.04. The summed E-state index contributed by atoms with van der Waals surface area (Å²) in [6.45, 7) is 2.72. The molecule has 0 aliphatic carbocycles. The van der Waals surface area contributed by atoms with Crippen LogP contribution in [0.1, 0.15) is 22.8 Å². The second kappa shape index (κ2) is 5.20. The van der Waals surface area contributed by atoms with Crippen LogP contribution in [-0.2, 0) is 6.42 Å². The van der Waals surface area contributed by atoms with Gasteiger partial charge in [-0.1, -0.05) is 31.2 Å². The second-order valence-corrected chi connectivity index (χ2v) is 5.55. The van der Waals surface area contributed by atoms with Gasteiger partial charge in [0.2, 0.25) is 0 Å². The highest BCUT2D eigenvalue weighted by Crippen LogP contribution is 2.31. The van der Waals surface area contributed by atoms with Crippen LogP contribution in [0.3, 0.4) is 0 Å². The predicted molar refractivity (Wildman–Crippen MR) is 81.8 cm³/mol. The molecule has 3 nitrogen and oxygen atoms in total. The quantitative estimate of drug-likeness (QED) is 0.817. The molecule has 0 bridgehead atoms. The molecule has 0 spiro atoms. The van der Waals surface area contributed by atoms with Crippen molar-refractivity contribution in [1.82, 2.24) is 0 Å². The second-order valence-electron chi connectivity index (χ2n) is 5.55. The van der Waals surface area contributed by atoms with Gasteiger partial charge in [0.15, 0.2) is 0 Å². The fraction of sp³-hybridized carbons (Fsp3) is 0.235. The Kier molecular flexibility index (Phi) is 3.37. The molecule has 4 heteroatoms. The molecule has 1 aliphatic heterocycles. The first-order chi connectivity index (χ1) is 10.1. The molecule has 2 aromatic carbocycles. The number of para-hydroxylation sites is 2. The highest BCUT2D eigenvalue weighted by Gasteiger charge is 2.28. The Hall–Kier alpha value is -2.36. The maximum atomic E-state index is 13.6.